The number of esters is 1. The highest BCUT2D eigenvalue weighted by Crippen LogP contribution is 2.38. The average Bonchev–Trinajstić information content (AvgIpc) is 3.46. The van der Waals surface area contributed by atoms with Gasteiger partial charge in [-0.25, -0.2) is 9.79 Å². The van der Waals surface area contributed by atoms with Crippen LogP contribution in [0.1, 0.15) is 37.9 Å². The number of thiazole rings is 1. The number of carbonyl (C=O) groups is 1. The van der Waals surface area contributed by atoms with Crippen molar-refractivity contribution in [3.63, 3.8) is 0 Å². The molecule has 0 amide bonds. The topological polar surface area (TPSA) is 97.6 Å². The fourth-order valence-electron chi connectivity index (χ4n) is 4.40. The maximum atomic E-state index is 13.8. The molecule has 198 valence electrons. The van der Waals surface area contributed by atoms with Crippen LogP contribution in [0.2, 0.25) is 5.02 Å². The molecule has 2 aromatic carbocycles. The Labute approximate surface area is 227 Å². The van der Waals surface area contributed by atoms with Gasteiger partial charge in [0.1, 0.15) is 0 Å². The molecule has 3 aromatic rings. The molecule has 11 heteroatoms. The minimum absolute atomic E-state index is 0.0665. The molecule has 0 saturated heterocycles. The lowest BCUT2D eigenvalue weighted by atomic mass is 9.95. The zero-order chi connectivity index (χ0) is 27.1. The van der Waals surface area contributed by atoms with Crippen LogP contribution in [0.3, 0.4) is 0 Å². The van der Waals surface area contributed by atoms with E-state index in [1.807, 2.05) is 13.8 Å². The van der Waals surface area contributed by atoms with E-state index in [0.29, 0.717) is 54.2 Å². The Morgan fingerprint density at radius 1 is 1.18 bits per heavy atom. The number of benzene rings is 2. The molecule has 1 aromatic heterocycles. The van der Waals surface area contributed by atoms with E-state index in [2.05, 4.69) is 4.99 Å². The SMILES string of the molecule is COC(=O)C1=C(C)N=c2sc(=Cc3cc4c(cc3Cl)OCO4)c(=O)n2[C@H]1c1ccc(OC(C)C)c(OC)c1. The third kappa shape index (κ3) is 4.54. The predicted molar refractivity (Wildman–Crippen MR) is 142 cm³/mol. The van der Waals surface area contributed by atoms with Crippen molar-refractivity contribution in [2.45, 2.75) is 32.9 Å². The van der Waals surface area contributed by atoms with Crippen LogP contribution in [-0.4, -0.2) is 37.7 Å². The number of methoxy groups -OCH3 is 2. The molecule has 0 spiro atoms. The molecule has 0 unspecified atom stereocenters. The zero-order valence-corrected chi connectivity index (χ0v) is 22.9. The smallest absolute Gasteiger partial charge is 0.338 e. The van der Waals surface area contributed by atoms with Gasteiger partial charge in [0, 0.05) is 6.07 Å². The summed E-state index contributed by atoms with van der Waals surface area (Å²) in [6.07, 6.45) is 1.62. The third-order valence-corrected chi connectivity index (χ3v) is 7.38. The molecule has 0 bridgehead atoms. The van der Waals surface area contributed by atoms with Crippen LogP contribution in [0, 0.1) is 0 Å². The number of aromatic nitrogens is 1. The van der Waals surface area contributed by atoms with Gasteiger partial charge >= 0.3 is 5.97 Å². The fourth-order valence-corrected chi connectivity index (χ4v) is 5.64. The molecule has 5 rings (SSSR count). The molecular weight excluding hydrogens is 532 g/mol. The van der Waals surface area contributed by atoms with Crippen molar-refractivity contribution in [2.75, 3.05) is 21.0 Å². The summed E-state index contributed by atoms with van der Waals surface area (Å²) in [4.78, 5) is 31.8. The Balaban J connectivity index is 1.70. The van der Waals surface area contributed by atoms with Crippen molar-refractivity contribution in [2.24, 2.45) is 4.99 Å². The largest absolute Gasteiger partial charge is 0.493 e. The predicted octanol–water partition coefficient (Wildman–Crippen LogP) is 3.59. The Morgan fingerprint density at radius 2 is 1.92 bits per heavy atom. The van der Waals surface area contributed by atoms with Gasteiger partial charge in [0.05, 0.1) is 47.2 Å². The van der Waals surface area contributed by atoms with E-state index in [1.54, 1.807) is 43.3 Å². The van der Waals surface area contributed by atoms with Gasteiger partial charge in [0.2, 0.25) is 6.79 Å². The number of hydrogen-bond donors (Lipinski definition) is 0. The quantitative estimate of drug-likeness (QED) is 0.428. The molecule has 9 nitrogen and oxygen atoms in total. The lowest BCUT2D eigenvalue weighted by Crippen LogP contribution is -2.39. The Bertz CT molecular complexity index is 1650. The Morgan fingerprint density at radius 3 is 2.61 bits per heavy atom. The summed E-state index contributed by atoms with van der Waals surface area (Å²) in [6.45, 7) is 5.66. The summed E-state index contributed by atoms with van der Waals surface area (Å²) < 4.78 is 29.2. The molecule has 0 aliphatic carbocycles. The first-order chi connectivity index (χ1) is 18.2. The normalized spacial score (nSPS) is 16.4. The minimum Gasteiger partial charge on any atom is -0.493 e. The number of fused-ring (bicyclic) bond motifs is 2. The fraction of sp³-hybridized carbons (Fsp3) is 0.296. The summed E-state index contributed by atoms with van der Waals surface area (Å²) in [7, 11) is 2.84. The van der Waals surface area contributed by atoms with Gasteiger partial charge in [-0.15, -0.1) is 0 Å². The van der Waals surface area contributed by atoms with Crippen molar-refractivity contribution in [3.8, 4) is 23.0 Å². The first kappa shape index (κ1) is 25.9. The van der Waals surface area contributed by atoms with Crippen LogP contribution in [0.15, 0.2) is 51.4 Å². The monoisotopic (exact) mass is 556 g/mol. The van der Waals surface area contributed by atoms with Gasteiger partial charge < -0.3 is 23.7 Å². The molecular formula is C27H25ClN2O7S. The van der Waals surface area contributed by atoms with E-state index in [4.69, 9.17) is 35.3 Å². The molecule has 2 aliphatic heterocycles. The van der Waals surface area contributed by atoms with Gasteiger partial charge in [0.15, 0.2) is 27.8 Å². The highest BCUT2D eigenvalue weighted by molar-refractivity contribution is 7.07. The minimum atomic E-state index is -0.796. The van der Waals surface area contributed by atoms with Gasteiger partial charge in [-0.2, -0.15) is 0 Å². The van der Waals surface area contributed by atoms with Crippen LogP contribution in [-0.2, 0) is 9.53 Å². The third-order valence-electron chi connectivity index (χ3n) is 6.07. The van der Waals surface area contributed by atoms with Crippen LogP contribution in [0.25, 0.3) is 6.08 Å². The molecule has 0 radical (unpaired) electrons. The number of carbonyl (C=O) groups excluding carboxylic acids is 1. The van der Waals surface area contributed by atoms with Crippen molar-refractivity contribution in [1.82, 2.24) is 4.57 Å². The number of rotatable bonds is 6. The van der Waals surface area contributed by atoms with E-state index in [1.165, 1.54) is 30.1 Å². The van der Waals surface area contributed by atoms with Crippen LogP contribution in [0.4, 0.5) is 0 Å². The lowest BCUT2D eigenvalue weighted by Gasteiger charge is -2.25. The van der Waals surface area contributed by atoms with Gasteiger partial charge in [-0.05, 0) is 56.2 Å². The van der Waals surface area contributed by atoms with E-state index in [9.17, 15) is 9.59 Å². The van der Waals surface area contributed by atoms with Gasteiger partial charge in [-0.3, -0.25) is 9.36 Å². The van der Waals surface area contributed by atoms with Crippen molar-refractivity contribution in [1.29, 1.82) is 0 Å². The summed E-state index contributed by atoms with van der Waals surface area (Å²) in [5.74, 6) is 1.54. The highest BCUT2D eigenvalue weighted by atomic mass is 35.5. The Kier molecular flexibility index (Phi) is 6.93. The van der Waals surface area contributed by atoms with E-state index in [-0.39, 0.29) is 24.0 Å². The maximum absolute atomic E-state index is 13.8. The zero-order valence-electron chi connectivity index (χ0n) is 21.4. The maximum Gasteiger partial charge on any atom is 0.338 e. The summed E-state index contributed by atoms with van der Waals surface area (Å²) in [5.41, 5.74) is 1.62. The van der Waals surface area contributed by atoms with Crippen LogP contribution in [0.5, 0.6) is 23.0 Å². The molecule has 0 saturated carbocycles. The number of ether oxygens (including phenoxy) is 5. The van der Waals surface area contributed by atoms with Crippen LogP contribution >= 0.6 is 22.9 Å². The number of nitrogens with zero attached hydrogens (tertiary/aromatic N) is 2. The molecule has 0 N–H and O–H groups in total. The Hall–Kier alpha value is -3.76. The van der Waals surface area contributed by atoms with Crippen molar-refractivity contribution < 1.29 is 28.5 Å². The molecule has 0 fully saturated rings. The summed E-state index contributed by atoms with van der Waals surface area (Å²) in [5, 5.41) is 0.411. The van der Waals surface area contributed by atoms with Gasteiger partial charge in [0.25, 0.3) is 5.56 Å². The molecule has 3 heterocycles. The van der Waals surface area contributed by atoms with Crippen molar-refractivity contribution >= 4 is 35.0 Å². The average molecular weight is 557 g/mol. The molecule has 2 aliphatic rings. The van der Waals surface area contributed by atoms with E-state index >= 15 is 0 Å². The second-order valence-corrected chi connectivity index (χ2v) is 10.3. The van der Waals surface area contributed by atoms with Crippen molar-refractivity contribution in [3.05, 3.63) is 77.4 Å². The van der Waals surface area contributed by atoms with E-state index in [0.717, 1.165) is 0 Å². The standard InChI is InChI=1S/C27H25ClN2O7S/c1-13(2)37-18-7-6-15(8-19(18)33-4)24-23(26(32)34-5)14(3)29-27-30(24)25(31)22(38-27)10-16-9-20-21(11-17(16)28)36-12-35-20/h6-11,13,24H,12H2,1-5H3/t24-/m0/s1. The first-order valence-corrected chi connectivity index (χ1v) is 13.0. The number of halogens is 1. The summed E-state index contributed by atoms with van der Waals surface area (Å²) >= 11 is 7.66. The highest BCUT2D eigenvalue weighted by Gasteiger charge is 2.33. The summed E-state index contributed by atoms with van der Waals surface area (Å²) in [6, 6.07) is 7.91. The van der Waals surface area contributed by atoms with Crippen LogP contribution < -0.4 is 33.8 Å². The number of allylic oxidation sites excluding steroid dienone is 1. The lowest BCUT2D eigenvalue weighted by molar-refractivity contribution is -0.136. The molecule has 1 atom stereocenters. The van der Waals surface area contributed by atoms with E-state index < -0.39 is 12.0 Å². The van der Waals surface area contributed by atoms with Gasteiger partial charge in [-0.1, -0.05) is 29.0 Å². The molecule has 38 heavy (non-hydrogen) atoms. The second-order valence-electron chi connectivity index (χ2n) is 8.88. The number of hydrogen-bond acceptors (Lipinski definition) is 9. The first-order valence-electron chi connectivity index (χ1n) is 11.8. The second kappa shape index (κ2) is 10.2.